The number of nitrogens with one attached hydrogen (secondary N) is 1. The highest BCUT2D eigenvalue weighted by Crippen LogP contribution is 2.34. The average molecular weight is 381 g/mol. The summed E-state index contributed by atoms with van der Waals surface area (Å²) in [5.74, 6) is 1.93. The number of fused-ring (bicyclic) bond motifs is 1. The van der Waals surface area contributed by atoms with Crippen LogP contribution < -0.4 is 20.5 Å². The molecule has 4 rings (SSSR count). The van der Waals surface area contributed by atoms with E-state index in [0.717, 1.165) is 54.8 Å². The zero-order valence-corrected chi connectivity index (χ0v) is 15.9. The Morgan fingerprint density at radius 2 is 1.96 bits per heavy atom. The molecular formula is C22H24FN3O2. The van der Waals surface area contributed by atoms with Crippen LogP contribution in [-0.2, 0) is 0 Å². The Morgan fingerprint density at radius 1 is 1.14 bits per heavy atom. The summed E-state index contributed by atoms with van der Waals surface area (Å²) in [6.45, 7) is 4.84. The van der Waals surface area contributed by atoms with E-state index < -0.39 is 5.82 Å². The highest BCUT2D eigenvalue weighted by molar-refractivity contribution is 5.87. The summed E-state index contributed by atoms with van der Waals surface area (Å²) in [6.07, 6.45) is 3.96. The molecule has 0 atom stereocenters. The number of nitrogen functional groups attached to an aromatic ring is 1. The quantitative estimate of drug-likeness (QED) is 0.640. The van der Waals surface area contributed by atoms with Crippen molar-refractivity contribution in [3.63, 3.8) is 0 Å². The van der Waals surface area contributed by atoms with Gasteiger partial charge in [0, 0.05) is 23.7 Å². The molecule has 0 radical (unpaired) electrons. The van der Waals surface area contributed by atoms with Crippen LogP contribution in [0.3, 0.4) is 0 Å². The maximum atomic E-state index is 13.7. The topological polar surface area (TPSA) is 69.4 Å². The van der Waals surface area contributed by atoms with Gasteiger partial charge in [0.1, 0.15) is 23.1 Å². The number of anilines is 1. The number of hydrogen-bond acceptors (Lipinski definition) is 5. The van der Waals surface area contributed by atoms with Gasteiger partial charge in [0.25, 0.3) is 0 Å². The second-order valence-corrected chi connectivity index (χ2v) is 7.23. The predicted octanol–water partition coefficient (Wildman–Crippen LogP) is 4.44. The van der Waals surface area contributed by atoms with Crippen LogP contribution >= 0.6 is 0 Å². The van der Waals surface area contributed by atoms with E-state index in [1.807, 2.05) is 19.1 Å². The van der Waals surface area contributed by atoms with Crippen molar-refractivity contribution in [1.82, 2.24) is 10.3 Å². The third-order valence-electron chi connectivity index (χ3n) is 5.13. The Hall–Kier alpha value is -2.86. The minimum Gasteiger partial charge on any atom is -0.493 e. The molecule has 3 N–H and O–H groups in total. The molecule has 0 spiro atoms. The fourth-order valence-electron chi connectivity index (χ4n) is 3.46. The van der Waals surface area contributed by atoms with Gasteiger partial charge in [0.15, 0.2) is 0 Å². The number of ether oxygens (including phenoxy) is 2. The SMILES string of the molecule is Cc1cc2c(Oc3ccc(N)c(F)c3)ccnc2cc1OCC1CCNCC1. The van der Waals surface area contributed by atoms with Crippen LogP contribution in [0, 0.1) is 18.7 Å². The molecule has 1 saturated heterocycles. The minimum absolute atomic E-state index is 0.0957. The van der Waals surface area contributed by atoms with E-state index in [1.54, 1.807) is 18.3 Å². The molecular weight excluding hydrogens is 357 g/mol. The monoisotopic (exact) mass is 381 g/mol. The maximum Gasteiger partial charge on any atom is 0.149 e. The lowest BCUT2D eigenvalue weighted by molar-refractivity contribution is 0.214. The highest BCUT2D eigenvalue weighted by Gasteiger charge is 2.15. The van der Waals surface area contributed by atoms with Gasteiger partial charge >= 0.3 is 0 Å². The molecule has 28 heavy (non-hydrogen) atoms. The van der Waals surface area contributed by atoms with Crippen molar-refractivity contribution in [2.24, 2.45) is 5.92 Å². The number of nitrogens with zero attached hydrogens (tertiary/aromatic N) is 1. The number of aryl methyl sites for hydroxylation is 1. The first kappa shape index (κ1) is 18.5. The molecule has 6 heteroatoms. The van der Waals surface area contributed by atoms with E-state index in [4.69, 9.17) is 15.2 Å². The Bertz CT molecular complexity index is 987. The third kappa shape index (κ3) is 4.02. The summed E-state index contributed by atoms with van der Waals surface area (Å²) >= 11 is 0. The molecule has 0 bridgehead atoms. The number of nitrogens with two attached hydrogens (primary N) is 1. The molecule has 1 aliphatic rings. The average Bonchev–Trinajstić information content (AvgIpc) is 2.70. The number of rotatable bonds is 5. The molecule has 0 saturated carbocycles. The molecule has 1 fully saturated rings. The second kappa shape index (κ2) is 8.02. The fourth-order valence-corrected chi connectivity index (χ4v) is 3.46. The molecule has 146 valence electrons. The van der Waals surface area contributed by atoms with Crippen LogP contribution in [0.1, 0.15) is 18.4 Å². The lowest BCUT2D eigenvalue weighted by Gasteiger charge is -2.23. The van der Waals surface area contributed by atoms with Gasteiger partial charge in [-0.3, -0.25) is 4.98 Å². The van der Waals surface area contributed by atoms with E-state index in [2.05, 4.69) is 10.3 Å². The zero-order valence-electron chi connectivity index (χ0n) is 15.9. The molecule has 2 aromatic carbocycles. The van der Waals surface area contributed by atoms with Gasteiger partial charge in [0.2, 0.25) is 0 Å². The van der Waals surface area contributed by atoms with Gasteiger partial charge in [-0.15, -0.1) is 0 Å². The lowest BCUT2D eigenvalue weighted by Crippen LogP contribution is -2.30. The summed E-state index contributed by atoms with van der Waals surface area (Å²) in [5.41, 5.74) is 7.42. The van der Waals surface area contributed by atoms with Crippen molar-refractivity contribution < 1.29 is 13.9 Å². The smallest absolute Gasteiger partial charge is 0.149 e. The number of hydrogen-bond donors (Lipinski definition) is 2. The summed E-state index contributed by atoms with van der Waals surface area (Å²) in [6, 6.07) is 10.1. The number of aromatic nitrogens is 1. The van der Waals surface area contributed by atoms with Crippen LogP contribution in [0.2, 0.25) is 0 Å². The summed E-state index contributed by atoms with van der Waals surface area (Å²) in [4.78, 5) is 4.45. The van der Waals surface area contributed by atoms with Crippen molar-refractivity contribution in [3.05, 3.63) is 54.0 Å². The molecule has 5 nitrogen and oxygen atoms in total. The van der Waals surface area contributed by atoms with Crippen LogP contribution in [0.15, 0.2) is 42.6 Å². The molecule has 0 amide bonds. The zero-order chi connectivity index (χ0) is 19.5. The van der Waals surface area contributed by atoms with E-state index in [-0.39, 0.29) is 5.69 Å². The lowest BCUT2D eigenvalue weighted by atomic mass is 9.99. The second-order valence-electron chi connectivity index (χ2n) is 7.23. The molecule has 2 heterocycles. The van der Waals surface area contributed by atoms with E-state index >= 15 is 0 Å². The first-order valence-corrected chi connectivity index (χ1v) is 9.56. The Labute approximate surface area is 163 Å². The molecule has 0 aliphatic carbocycles. The van der Waals surface area contributed by atoms with Crippen LogP contribution in [0.5, 0.6) is 17.2 Å². The van der Waals surface area contributed by atoms with E-state index in [9.17, 15) is 4.39 Å². The fraction of sp³-hybridized carbons (Fsp3) is 0.318. The standard InChI is InChI=1S/C22H24FN3O2/c1-14-10-17-20(12-22(14)27-13-15-4-7-25-8-5-15)26-9-6-21(17)28-16-2-3-19(24)18(23)11-16/h2-3,6,9-12,15,25H,4-5,7-8,13,24H2,1H3. The summed E-state index contributed by atoms with van der Waals surface area (Å²) in [5, 5.41) is 4.22. The van der Waals surface area contributed by atoms with Gasteiger partial charge in [0.05, 0.1) is 17.8 Å². The van der Waals surface area contributed by atoms with Crippen molar-refractivity contribution in [1.29, 1.82) is 0 Å². The predicted molar refractivity (Wildman–Crippen MR) is 108 cm³/mol. The van der Waals surface area contributed by atoms with Gasteiger partial charge in [-0.2, -0.15) is 0 Å². The van der Waals surface area contributed by atoms with Crippen molar-refractivity contribution >= 4 is 16.6 Å². The molecule has 0 unspecified atom stereocenters. The molecule has 3 aromatic rings. The van der Waals surface area contributed by atoms with Crippen LogP contribution in [0.25, 0.3) is 10.9 Å². The first-order valence-electron chi connectivity index (χ1n) is 9.56. The largest absolute Gasteiger partial charge is 0.493 e. The van der Waals surface area contributed by atoms with Crippen molar-refractivity contribution in [2.45, 2.75) is 19.8 Å². The highest BCUT2D eigenvalue weighted by atomic mass is 19.1. The molecule has 1 aromatic heterocycles. The maximum absolute atomic E-state index is 13.7. The third-order valence-corrected chi connectivity index (χ3v) is 5.13. The van der Waals surface area contributed by atoms with Crippen LogP contribution in [0.4, 0.5) is 10.1 Å². The van der Waals surface area contributed by atoms with Gasteiger partial charge < -0.3 is 20.5 Å². The van der Waals surface area contributed by atoms with Gasteiger partial charge in [-0.1, -0.05) is 0 Å². The number of piperidine rings is 1. The van der Waals surface area contributed by atoms with Crippen molar-refractivity contribution in [2.75, 3.05) is 25.4 Å². The van der Waals surface area contributed by atoms with Crippen LogP contribution in [-0.4, -0.2) is 24.7 Å². The normalized spacial score (nSPS) is 14.9. The summed E-state index contributed by atoms with van der Waals surface area (Å²) in [7, 11) is 0. The Balaban J connectivity index is 1.57. The summed E-state index contributed by atoms with van der Waals surface area (Å²) < 4.78 is 25.7. The van der Waals surface area contributed by atoms with Crippen molar-refractivity contribution in [3.8, 4) is 17.2 Å². The van der Waals surface area contributed by atoms with E-state index in [1.165, 1.54) is 12.1 Å². The Morgan fingerprint density at radius 3 is 2.75 bits per heavy atom. The Kier molecular flexibility index (Phi) is 5.30. The number of halogens is 1. The first-order chi connectivity index (χ1) is 13.6. The van der Waals surface area contributed by atoms with E-state index in [0.29, 0.717) is 17.4 Å². The molecule has 1 aliphatic heterocycles. The minimum atomic E-state index is -0.499. The number of benzene rings is 2. The number of pyridine rings is 1. The van der Waals surface area contributed by atoms with Gasteiger partial charge in [-0.05, 0) is 68.6 Å². The van der Waals surface area contributed by atoms with Gasteiger partial charge in [-0.25, -0.2) is 4.39 Å².